The van der Waals surface area contributed by atoms with Crippen molar-refractivity contribution < 1.29 is 4.79 Å². The van der Waals surface area contributed by atoms with Crippen molar-refractivity contribution in [2.45, 2.75) is 4.82 Å². The van der Waals surface area contributed by atoms with E-state index in [-0.39, 0.29) is 19.8 Å². The second kappa shape index (κ2) is 3.89. The first-order valence-corrected chi connectivity index (χ1v) is 7.05. The van der Waals surface area contributed by atoms with Gasteiger partial charge in [0, 0.05) is 0 Å². The summed E-state index contributed by atoms with van der Waals surface area (Å²) < 4.78 is 1.24. The molecule has 0 aromatic heterocycles. The topological polar surface area (TPSA) is 17.1 Å². The third kappa shape index (κ3) is 1.51. The molecule has 16 heavy (non-hydrogen) atoms. The Morgan fingerprint density at radius 1 is 0.875 bits per heavy atom. The summed E-state index contributed by atoms with van der Waals surface area (Å²) in [5.74, 6) is 0.293. The van der Waals surface area contributed by atoms with Crippen molar-refractivity contribution in [1.29, 1.82) is 0 Å². The van der Waals surface area contributed by atoms with Crippen molar-refractivity contribution in [1.82, 2.24) is 0 Å². The molecule has 0 N–H and O–H groups in total. The molecule has 0 spiro atoms. The fraction of sp³-hybridized carbons (Fsp3) is 0.0714. The molecule has 0 fully saturated rings. The summed E-state index contributed by atoms with van der Waals surface area (Å²) in [4.78, 5) is 12.3. The van der Waals surface area contributed by atoms with E-state index >= 15 is 0 Å². The van der Waals surface area contributed by atoms with Gasteiger partial charge < -0.3 is 0 Å². The van der Waals surface area contributed by atoms with Gasteiger partial charge in [-0.2, -0.15) is 0 Å². The van der Waals surface area contributed by atoms with Crippen LogP contribution in [0.5, 0.6) is 0 Å². The average Bonchev–Trinajstić information content (AvgIpc) is 2.69. The predicted molar refractivity (Wildman–Crippen MR) is 65.3 cm³/mol. The molecule has 0 saturated heterocycles. The zero-order valence-electron chi connectivity index (χ0n) is 8.59. The van der Waals surface area contributed by atoms with Gasteiger partial charge in [-0.1, -0.05) is 0 Å². The number of benzene rings is 2. The molecule has 1 aliphatic heterocycles. The van der Waals surface area contributed by atoms with E-state index in [0.29, 0.717) is 5.78 Å². The second-order valence-electron chi connectivity index (χ2n) is 3.77. The van der Waals surface area contributed by atoms with Gasteiger partial charge >= 0.3 is 101 Å². The van der Waals surface area contributed by atoms with Crippen LogP contribution in [0.15, 0.2) is 54.6 Å². The molecule has 1 atom stereocenters. The van der Waals surface area contributed by atoms with E-state index in [1.54, 1.807) is 0 Å². The van der Waals surface area contributed by atoms with Crippen molar-refractivity contribution in [3.63, 3.8) is 0 Å². The molecule has 0 amide bonds. The predicted octanol–water partition coefficient (Wildman–Crippen LogP) is 1.95. The third-order valence-corrected chi connectivity index (χ3v) is 5.53. The number of hydrogen-bond donors (Lipinski definition) is 0. The Morgan fingerprint density at radius 2 is 1.56 bits per heavy atom. The number of ketones is 1. The van der Waals surface area contributed by atoms with Gasteiger partial charge in [0.15, 0.2) is 0 Å². The molecule has 1 aliphatic rings. The first kappa shape index (κ1) is 9.83. The molecule has 0 aliphatic carbocycles. The van der Waals surface area contributed by atoms with Gasteiger partial charge in [-0.15, -0.1) is 0 Å². The van der Waals surface area contributed by atoms with Crippen LogP contribution in [-0.4, -0.2) is 20.7 Å². The Kier molecular flexibility index (Phi) is 2.39. The average molecular weight is 273 g/mol. The molecule has 2 heteroatoms. The van der Waals surface area contributed by atoms with Gasteiger partial charge in [-0.3, -0.25) is 0 Å². The fourth-order valence-electron chi connectivity index (χ4n) is 1.94. The zero-order valence-corrected chi connectivity index (χ0v) is 10.3. The number of carbonyl (C=O) groups is 1. The summed E-state index contributed by atoms with van der Waals surface area (Å²) >= 11 is 0.245. The molecule has 3 rings (SSSR count). The molecule has 1 heterocycles. The van der Waals surface area contributed by atoms with Gasteiger partial charge in [0.1, 0.15) is 0 Å². The Balaban J connectivity index is 2.02. The molecule has 0 saturated carbocycles. The Morgan fingerprint density at radius 3 is 2.31 bits per heavy atom. The molecule has 1 nitrogen and oxygen atoms in total. The Labute approximate surface area is 101 Å². The quantitative estimate of drug-likeness (QED) is 0.726. The van der Waals surface area contributed by atoms with E-state index in [0.717, 1.165) is 11.1 Å². The summed E-state index contributed by atoms with van der Waals surface area (Å²) in [6.45, 7) is 0. The van der Waals surface area contributed by atoms with Gasteiger partial charge in [-0.05, 0) is 0 Å². The number of fused-ring (bicyclic) bond motifs is 1. The van der Waals surface area contributed by atoms with Crippen molar-refractivity contribution in [2.75, 3.05) is 0 Å². The van der Waals surface area contributed by atoms with E-state index in [1.807, 2.05) is 36.4 Å². The second-order valence-corrected chi connectivity index (χ2v) is 6.18. The Bertz CT molecular complexity index is 533. The van der Waals surface area contributed by atoms with Gasteiger partial charge in [0.25, 0.3) is 0 Å². The van der Waals surface area contributed by atoms with Crippen LogP contribution in [0.1, 0.15) is 20.7 Å². The monoisotopic (exact) mass is 274 g/mol. The molecule has 2 aromatic carbocycles. The van der Waals surface area contributed by atoms with E-state index in [2.05, 4.69) is 18.2 Å². The van der Waals surface area contributed by atoms with Crippen LogP contribution in [-0.2, 0) is 0 Å². The van der Waals surface area contributed by atoms with Gasteiger partial charge in [0.05, 0.1) is 0 Å². The van der Waals surface area contributed by atoms with Crippen LogP contribution in [0.4, 0.5) is 0 Å². The van der Waals surface area contributed by atoms with Crippen molar-refractivity contribution >= 4 is 25.2 Å². The standard InChI is InChI=1S/C14H10OSe/c15-13-11-8-4-5-9-12(11)16-14(13)10-6-2-1-3-7-10/h1-9,14H. The summed E-state index contributed by atoms with van der Waals surface area (Å²) in [6.07, 6.45) is 0. The fourth-order valence-corrected chi connectivity index (χ4v) is 4.53. The van der Waals surface area contributed by atoms with Crippen LogP contribution < -0.4 is 4.46 Å². The number of Topliss-reactive ketones (excluding diaryl/α,β-unsaturated/α-hetero) is 1. The van der Waals surface area contributed by atoms with Crippen LogP contribution in [0.25, 0.3) is 0 Å². The van der Waals surface area contributed by atoms with Crippen LogP contribution in [0.2, 0.25) is 0 Å². The number of rotatable bonds is 1. The Hall–Kier alpha value is -1.37. The van der Waals surface area contributed by atoms with E-state index in [1.165, 1.54) is 4.46 Å². The minimum atomic E-state index is 0.0890. The normalized spacial score (nSPS) is 18.5. The third-order valence-electron chi connectivity index (χ3n) is 2.74. The summed E-state index contributed by atoms with van der Waals surface area (Å²) in [5.41, 5.74) is 2.08. The van der Waals surface area contributed by atoms with Crippen LogP contribution in [0.3, 0.4) is 0 Å². The molecular formula is C14H10OSe. The van der Waals surface area contributed by atoms with Crippen molar-refractivity contribution in [3.8, 4) is 0 Å². The van der Waals surface area contributed by atoms with E-state index in [4.69, 9.17) is 0 Å². The van der Waals surface area contributed by atoms with Gasteiger partial charge in [-0.25, -0.2) is 0 Å². The van der Waals surface area contributed by atoms with Crippen LogP contribution >= 0.6 is 0 Å². The molecular weight excluding hydrogens is 263 g/mol. The van der Waals surface area contributed by atoms with Crippen molar-refractivity contribution in [2.24, 2.45) is 0 Å². The zero-order chi connectivity index (χ0) is 11.0. The molecule has 0 bridgehead atoms. The SMILES string of the molecule is O=C1c2ccccc2[Se]C1c1ccccc1. The first-order valence-electron chi connectivity index (χ1n) is 5.21. The van der Waals surface area contributed by atoms with Crippen molar-refractivity contribution in [3.05, 3.63) is 65.7 Å². The molecule has 0 radical (unpaired) electrons. The minimum absolute atomic E-state index is 0.0890. The number of hydrogen-bond acceptors (Lipinski definition) is 1. The maximum atomic E-state index is 12.2. The summed E-state index contributed by atoms with van der Waals surface area (Å²) in [6, 6.07) is 18.1. The number of carbonyl (C=O) groups excluding carboxylic acids is 1. The molecule has 78 valence electrons. The van der Waals surface area contributed by atoms with Crippen LogP contribution in [0, 0.1) is 0 Å². The molecule has 1 unspecified atom stereocenters. The summed E-state index contributed by atoms with van der Waals surface area (Å²) in [5, 5.41) is 0. The summed E-state index contributed by atoms with van der Waals surface area (Å²) in [7, 11) is 0. The first-order chi connectivity index (χ1) is 7.86. The molecule has 2 aromatic rings. The van der Waals surface area contributed by atoms with Gasteiger partial charge in [0.2, 0.25) is 0 Å². The van der Waals surface area contributed by atoms with E-state index in [9.17, 15) is 4.79 Å². The maximum absolute atomic E-state index is 12.2. The van der Waals surface area contributed by atoms with E-state index < -0.39 is 0 Å².